The summed E-state index contributed by atoms with van der Waals surface area (Å²) in [6.45, 7) is 1.42. The van der Waals surface area contributed by atoms with Crippen molar-refractivity contribution in [1.29, 1.82) is 0 Å². The zero-order valence-corrected chi connectivity index (χ0v) is 10.4. The van der Waals surface area contributed by atoms with Gasteiger partial charge in [0, 0.05) is 13.1 Å². The van der Waals surface area contributed by atoms with Gasteiger partial charge in [-0.25, -0.2) is 14.6 Å². The molecule has 0 bridgehead atoms. The number of hydrogen-bond donors (Lipinski definition) is 2. The number of methoxy groups -OCH3 is 1. The Morgan fingerprint density at radius 1 is 1.50 bits per heavy atom. The molecular weight excluding hydrogens is 238 g/mol. The zero-order valence-electron chi connectivity index (χ0n) is 10.4. The number of hydrogen-bond acceptors (Lipinski definition) is 4. The number of nitrogens with one attached hydrogen (secondary N) is 1. The summed E-state index contributed by atoms with van der Waals surface area (Å²) < 4.78 is 4.88. The number of rotatable bonds is 4. The van der Waals surface area contributed by atoms with Crippen LogP contribution in [-0.4, -0.2) is 47.2 Å². The normalized spacial score (nSPS) is 11.5. The molecule has 2 amide bonds. The molecule has 0 aliphatic heterocycles. The van der Waals surface area contributed by atoms with Gasteiger partial charge in [-0.2, -0.15) is 0 Å². The Morgan fingerprint density at radius 3 is 2.61 bits per heavy atom. The van der Waals surface area contributed by atoms with E-state index in [-0.39, 0.29) is 0 Å². The van der Waals surface area contributed by atoms with Gasteiger partial charge in [0.2, 0.25) is 5.88 Å². The van der Waals surface area contributed by atoms with E-state index < -0.39 is 18.0 Å². The lowest BCUT2D eigenvalue weighted by molar-refractivity contribution is -0.141. The SMILES string of the molecule is COc1ccc(NC(=O)N(C)C(C)C(=O)O)cn1. The Morgan fingerprint density at radius 2 is 2.17 bits per heavy atom. The minimum atomic E-state index is -1.07. The zero-order chi connectivity index (χ0) is 13.7. The highest BCUT2D eigenvalue weighted by Gasteiger charge is 2.21. The highest BCUT2D eigenvalue weighted by Crippen LogP contribution is 2.11. The van der Waals surface area contributed by atoms with E-state index in [0.717, 1.165) is 4.90 Å². The fourth-order valence-corrected chi connectivity index (χ4v) is 1.13. The molecule has 0 aromatic carbocycles. The van der Waals surface area contributed by atoms with Crippen molar-refractivity contribution in [3.05, 3.63) is 18.3 Å². The standard InChI is InChI=1S/C11H15N3O4/c1-7(10(15)16)14(2)11(17)13-8-4-5-9(18-3)12-6-8/h4-7H,1-3H3,(H,13,17)(H,15,16). The Kier molecular flexibility index (Phi) is 4.47. The first kappa shape index (κ1) is 13.8. The fraction of sp³-hybridized carbons (Fsp3) is 0.364. The van der Waals surface area contributed by atoms with Gasteiger partial charge in [0.1, 0.15) is 6.04 Å². The number of carboxylic acid groups (broad SMARTS) is 1. The molecule has 98 valence electrons. The molecule has 0 radical (unpaired) electrons. The number of aromatic nitrogens is 1. The van der Waals surface area contributed by atoms with E-state index in [1.807, 2.05) is 0 Å². The molecule has 1 heterocycles. The first-order chi connectivity index (χ1) is 8.45. The van der Waals surface area contributed by atoms with E-state index in [0.29, 0.717) is 11.6 Å². The van der Waals surface area contributed by atoms with Crippen LogP contribution in [0.2, 0.25) is 0 Å². The van der Waals surface area contributed by atoms with Crippen LogP contribution in [0.5, 0.6) is 5.88 Å². The summed E-state index contributed by atoms with van der Waals surface area (Å²) in [6.07, 6.45) is 1.43. The number of carboxylic acids is 1. The van der Waals surface area contributed by atoms with E-state index in [1.165, 1.54) is 27.3 Å². The van der Waals surface area contributed by atoms with Crippen LogP contribution in [0.3, 0.4) is 0 Å². The topological polar surface area (TPSA) is 91.8 Å². The summed E-state index contributed by atoms with van der Waals surface area (Å²) in [4.78, 5) is 27.4. The monoisotopic (exact) mass is 253 g/mol. The van der Waals surface area contributed by atoms with Crippen LogP contribution in [0, 0.1) is 0 Å². The van der Waals surface area contributed by atoms with Crippen molar-refractivity contribution in [2.24, 2.45) is 0 Å². The number of amides is 2. The van der Waals surface area contributed by atoms with Crippen molar-refractivity contribution in [3.8, 4) is 5.88 Å². The number of carbonyl (C=O) groups excluding carboxylic acids is 1. The quantitative estimate of drug-likeness (QED) is 0.836. The third-order valence-corrected chi connectivity index (χ3v) is 2.46. The molecule has 1 aromatic rings. The predicted molar refractivity (Wildman–Crippen MR) is 64.7 cm³/mol. The molecule has 2 N–H and O–H groups in total. The number of likely N-dealkylation sites (N-methyl/N-ethyl adjacent to an activating group) is 1. The van der Waals surface area contributed by atoms with Crippen molar-refractivity contribution in [1.82, 2.24) is 9.88 Å². The van der Waals surface area contributed by atoms with Crippen LogP contribution in [0.4, 0.5) is 10.5 Å². The van der Waals surface area contributed by atoms with Gasteiger partial charge in [-0.15, -0.1) is 0 Å². The molecular formula is C11H15N3O4. The van der Waals surface area contributed by atoms with Crippen LogP contribution >= 0.6 is 0 Å². The number of aliphatic carboxylic acids is 1. The second kappa shape index (κ2) is 5.85. The number of urea groups is 1. The third-order valence-electron chi connectivity index (χ3n) is 2.46. The van der Waals surface area contributed by atoms with Crippen LogP contribution in [0.1, 0.15) is 6.92 Å². The van der Waals surface area contributed by atoms with Crippen LogP contribution < -0.4 is 10.1 Å². The molecule has 0 spiro atoms. The summed E-state index contributed by atoms with van der Waals surface area (Å²) in [5, 5.41) is 11.3. The van der Waals surface area contributed by atoms with Gasteiger partial charge in [0.05, 0.1) is 19.0 Å². The first-order valence-electron chi connectivity index (χ1n) is 5.22. The van der Waals surface area contributed by atoms with Crippen molar-refractivity contribution in [2.45, 2.75) is 13.0 Å². The van der Waals surface area contributed by atoms with Crippen molar-refractivity contribution in [2.75, 3.05) is 19.5 Å². The molecule has 0 saturated heterocycles. The van der Waals surface area contributed by atoms with Crippen LogP contribution in [0.25, 0.3) is 0 Å². The van der Waals surface area contributed by atoms with E-state index >= 15 is 0 Å². The highest BCUT2D eigenvalue weighted by molar-refractivity contribution is 5.91. The van der Waals surface area contributed by atoms with Gasteiger partial charge in [-0.1, -0.05) is 0 Å². The van der Waals surface area contributed by atoms with Gasteiger partial charge in [0.15, 0.2) is 0 Å². The summed E-state index contributed by atoms with van der Waals surface area (Å²) >= 11 is 0. The molecule has 7 heteroatoms. The second-order valence-electron chi connectivity index (χ2n) is 3.64. The van der Waals surface area contributed by atoms with Crippen molar-refractivity contribution in [3.63, 3.8) is 0 Å². The molecule has 0 aliphatic rings. The average Bonchev–Trinajstić information content (AvgIpc) is 2.37. The molecule has 1 atom stereocenters. The first-order valence-corrected chi connectivity index (χ1v) is 5.22. The Hall–Kier alpha value is -2.31. The summed E-state index contributed by atoms with van der Waals surface area (Å²) in [5.41, 5.74) is 0.463. The third kappa shape index (κ3) is 3.34. The maximum Gasteiger partial charge on any atom is 0.326 e. The van der Waals surface area contributed by atoms with E-state index in [2.05, 4.69) is 10.3 Å². The predicted octanol–water partition coefficient (Wildman–Crippen LogP) is 1.03. The molecule has 0 fully saturated rings. The Labute approximate surface area is 104 Å². The van der Waals surface area contributed by atoms with Crippen molar-refractivity contribution < 1.29 is 19.4 Å². The fourth-order valence-electron chi connectivity index (χ4n) is 1.13. The lowest BCUT2D eigenvalue weighted by Crippen LogP contribution is -2.42. The van der Waals surface area contributed by atoms with Crippen LogP contribution in [-0.2, 0) is 4.79 Å². The minimum Gasteiger partial charge on any atom is -0.481 e. The molecule has 18 heavy (non-hydrogen) atoms. The van der Waals surface area contributed by atoms with Gasteiger partial charge < -0.3 is 20.1 Å². The van der Waals surface area contributed by atoms with Gasteiger partial charge >= 0.3 is 12.0 Å². The summed E-state index contributed by atoms with van der Waals surface area (Å²) in [6, 6.07) is 1.78. The molecule has 0 aliphatic carbocycles. The smallest absolute Gasteiger partial charge is 0.326 e. The maximum atomic E-state index is 11.7. The lowest BCUT2D eigenvalue weighted by Gasteiger charge is -2.21. The Balaban J connectivity index is 2.66. The lowest BCUT2D eigenvalue weighted by atomic mass is 10.3. The molecule has 0 saturated carbocycles. The second-order valence-corrected chi connectivity index (χ2v) is 3.64. The van der Waals surface area contributed by atoms with Crippen LogP contribution in [0.15, 0.2) is 18.3 Å². The highest BCUT2D eigenvalue weighted by atomic mass is 16.5. The number of nitrogens with zero attached hydrogens (tertiary/aromatic N) is 2. The van der Waals surface area contributed by atoms with Gasteiger partial charge in [-0.05, 0) is 13.0 Å². The molecule has 1 unspecified atom stereocenters. The summed E-state index contributed by atoms with van der Waals surface area (Å²) in [7, 11) is 2.90. The van der Waals surface area contributed by atoms with E-state index in [1.54, 1.807) is 12.1 Å². The van der Waals surface area contributed by atoms with E-state index in [4.69, 9.17) is 9.84 Å². The minimum absolute atomic E-state index is 0.431. The average molecular weight is 253 g/mol. The van der Waals surface area contributed by atoms with Gasteiger partial charge in [-0.3, -0.25) is 0 Å². The van der Waals surface area contributed by atoms with Crippen molar-refractivity contribution >= 4 is 17.7 Å². The number of anilines is 1. The van der Waals surface area contributed by atoms with E-state index in [9.17, 15) is 9.59 Å². The molecule has 1 aromatic heterocycles. The molecule has 1 rings (SSSR count). The largest absolute Gasteiger partial charge is 0.481 e. The molecule has 7 nitrogen and oxygen atoms in total. The number of carbonyl (C=O) groups is 2. The Bertz CT molecular complexity index is 432. The maximum absolute atomic E-state index is 11.7. The van der Waals surface area contributed by atoms with Gasteiger partial charge in [0.25, 0.3) is 0 Å². The summed E-state index contributed by atoms with van der Waals surface area (Å²) in [5.74, 6) is -0.638. The number of pyridine rings is 1. The number of ether oxygens (including phenoxy) is 1.